The molecule has 1 aromatic carbocycles. The Kier molecular flexibility index (Phi) is 6.06. The fraction of sp³-hybridized carbons (Fsp3) is 0.556. The zero-order chi connectivity index (χ0) is 17.6. The van der Waals surface area contributed by atoms with Crippen molar-refractivity contribution in [3.8, 4) is 0 Å². The summed E-state index contributed by atoms with van der Waals surface area (Å²) in [6, 6.07) is 7.64. The summed E-state index contributed by atoms with van der Waals surface area (Å²) in [5.74, 6) is 0.972. The van der Waals surface area contributed by atoms with Crippen molar-refractivity contribution in [2.75, 3.05) is 32.1 Å². The number of methoxy groups -OCH3 is 1. The summed E-state index contributed by atoms with van der Waals surface area (Å²) in [6.07, 6.45) is 0.720. The van der Waals surface area contributed by atoms with Gasteiger partial charge in [0.05, 0.1) is 13.7 Å². The maximum atomic E-state index is 11.2. The Hall–Kier alpha value is -2.24. The Balaban J connectivity index is 1.99. The molecular weight excluding hydrogens is 304 g/mol. The van der Waals surface area contributed by atoms with Crippen LogP contribution in [0.4, 0.5) is 10.5 Å². The molecule has 2 N–H and O–H groups in total. The average molecular weight is 332 g/mol. The van der Waals surface area contributed by atoms with Gasteiger partial charge in [0.25, 0.3) is 0 Å². The maximum Gasteiger partial charge on any atom is 0.411 e. The second kappa shape index (κ2) is 8.04. The van der Waals surface area contributed by atoms with E-state index in [0.29, 0.717) is 17.6 Å². The molecule has 132 valence electrons. The van der Waals surface area contributed by atoms with Gasteiger partial charge in [0, 0.05) is 25.3 Å². The van der Waals surface area contributed by atoms with E-state index in [0.717, 1.165) is 31.2 Å². The predicted molar refractivity (Wildman–Crippen MR) is 97.3 cm³/mol. The molecule has 0 unspecified atom stereocenters. The Morgan fingerprint density at radius 3 is 2.58 bits per heavy atom. The van der Waals surface area contributed by atoms with E-state index in [1.165, 1.54) is 13.5 Å². The fourth-order valence-corrected chi connectivity index (χ4v) is 2.75. The first-order valence-corrected chi connectivity index (χ1v) is 8.41. The van der Waals surface area contributed by atoms with Crippen molar-refractivity contribution in [2.24, 2.45) is 10.4 Å². The molecule has 1 heterocycles. The zero-order valence-corrected chi connectivity index (χ0v) is 15.1. The summed E-state index contributed by atoms with van der Waals surface area (Å²) >= 11 is 0. The number of nitrogens with zero attached hydrogens (tertiary/aromatic N) is 2. The van der Waals surface area contributed by atoms with Gasteiger partial charge in [0.1, 0.15) is 0 Å². The molecular formula is C18H28N4O2. The van der Waals surface area contributed by atoms with Gasteiger partial charge in [-0.2, -0.15) is 0 Å². The van der Waals surface area contributed by atoms with Crippen molar-refractivity contribution < 1.29 is 9.53 Å². The van der Waals surface area contributed by atoms with Crippen LogP contribution in [-0.4, -0.2) is 43.7 Å². The molecule has 0 spiro atoms. The third kappa shape index (κ3) is 5.15. The lowest BCUT2D eigenvalue weighted by molar-refractivity contribution is 0.187. The first-order valence-electron chi connectivity index (χ1n) is 8.41. The normalized spacial score (nSPS) is 16.8. The standard InChI is InChI=1S/C18H28N4O2/c1-5-19-16(22-11-10-18(2,3)13-22)20-12-14-6-8-15(9-7-14)21-17(23)24-4/h6-9H,5,10-13H2,1-4H3,(H,19,20)(H,21,23). The van der Waals surface area contributed by atoms with Crippen LogP contribution in [0.15, 0.2) is 29.3 Å². The number of hydrogen-bond donors (Lipinski definition) is 2. The van der Waals surface area contributed by atoms with E-state index in [1.807, 2.05) is 24.3 Å². The van der Waals surface area contributed by atoms with Crippen molar-refractivity contribution >= 4 is 17.7 Å². The van der Waals surface area contributed by atoms with Gasteiger partial charge in [-0.1, -0.05) is 26.0 Å². The lowest BCUT2D eigenvalue weighted by atomic mass is 9.93. The number of aliphatic imine (C=N–C) groups is 1. The number of benzene rings is 1. The molecule has 6 heteroatoms. The third-order valence-corrected chi connectivity index (χ3v) is 4.11. The first-order chi connectivity index (χ1) is 11.4. The molecule has 0 aromatic heterocycles. The predicted octanol–water partition coefficient (Wildman–Crippen LogP) is 3.06. The molecule has 1 aliphatic rings. The van der Waals surface area contributed by atoms with Crippen molar-refractivity contribution in [2.45, 2.75) is 33.7 Å². The lowest BCUT2D eigenvalue weighted by Crippen LogP contribution is -2.40. The number of ether oxygens (including phenoxy) is 1. The van der Waals surface area contributed by atoms with Crippen LogP contribution in [0.1, 0.15) is 32.8 Å². The molecule has 1 aliphatic heterocycles. The van der Waals surface area contributed by atoms with Crippen LogP contribution in [0.2, 0.25) is 0 Å². The molecule has 1 fully saturated rings. The van der Waals surface area contributed by atoms with Gasteiger partial charge in [0.15, 0.2) is 5.96 Å². The Bertz CT molecular complexity index is 581. The van der Waals surface area contributed by atoms with Gasteiger partial charge in [-0.25, -0.2) is 9.79 Å². The average Bonchev–Trinajstić information content (AvgIpc) is 2.92. The molecule has 0 radical (unpaired) electrons. The van der Waals surface area contributed by atoms with Gasteiger partial charge in [-0.3, -0.25) is 5.32 Å². The Morgan fingerprint density at radius 1 is 1.33 bits per heavy atom. The molecule has 1 aromatic rings. The minimum absolute atomic E-state index is 0.345. The summed E-state index contributed by atoms with van der Waals surface area (Å²) < 4.78 is 4.58. The highest BCUT2D eigenvalue weighted by atomic mass is 16.5. The number of hydrogen-bond acceptors (Lipinski definition) is 3. The van der Waals surface area contributed by atoms with Crippen LogP contribution in [0.25, 0.3) is 0 Å². The molecule has 0 bridgehead atoms. The van der Waals surface area contributed by atoms with Crippen LogP contribution in [0.3, 0.4) is 0 Å². The van der Waals surface area contributed by atoms with Crippen LogP contribution < -0.4 is 10.6 Å². The number of carbonyl (C=O) groups is 1. The number of amides is 1. The first kappa shape index (κ1) is 18.1. The molecule has 0 atom stereocenters. The number of rotatable bonds is 4. The number of nitrogens with one attached hydrogen (secondary N) is 2. The van der Waals surface area contributed by atoms with E-state index in [4.69, 9.17) is 4.99 Å². The van der Waals surface area contributed by atoms with Gasteiger partial charge >= 0.3 is 6.09 Å². The van der Waals surface area contributed by atoms with Crippen molar-refractivity contribution in [1.29, 1.82) is 0 Å². The van der Waals surface area contributed by atoms with Gasteiger partial charge in [-0.15, -0.1) is 0 Å². The highest BCUT2D eigenvalue weighted by Gasteiger charge is 2.30. The smallest absolute Gasteiger partial charge is 0.411 e. The van der Waals surface area contributed by atoms with Crippen molar-refractivity contribution in [3.63, 3.8) is 0 Å². The highest BCUT2D eigenvalue weighted by molar-refractivity contribution is 5.84. The molecule has 1 amide bonds. The van der Waals surface area contributed by atoms with Crippen LogP contribution in [0, 0.1) is 5.41 Å². The van der Waals surface area contributed by atoms with E-state index in [9.17, 15) is 4.79 Å². The molecule has 2 rings (SSSR count). The molecule has 1 saturated heterocycles. The SMILES string of the molecule is CCNC(=NCc1ccc(NC(=O)OC)cc1)N1CCC(C)(C)C1. The van der Waals surface area contributed by atoms with Crippen LogP contribution in [0.5, 0.6) is 0 Å². The van der Waals surface area contributed by atoms with E-state index < -0.39 is 6.09 Å². The summed E-state index contributed by atoms with van der Waals surface area (Å²) in [6.45, 7) is 10.2. The Morgan fingerprint density at radius 2 is 2.04 bits per heavy atom. The van der Waals surface area contributed by atoms with E-state index in [2.05, 4.69) is 41.0 Å². The third-order valence-electron chi connectivity index (χ3n) is 4.11. The molecule has 24 heavy (non-hydrogen) atoms. The minimum Gasteiger partial charge on any atom is -0.453 e. The van der Waals surface area contributed by atoms with Gasteiger partial charge in [-0.05, 0) is 36.5 Å². The molecule has 0 saturated carbocycles. The molecule has 0 aliphatic carbocycles. The summed E-state index contributed by atoms with van der Waals surface area (Å²) in [5, 5.41) is 6.02. The quantitative estimate of drug-likeness (QED) is 0.657. The molecule has 6 nitrogen and oxygen atoms in total. The zero-order valence-electron chi connectivity index (χ0n) is 15.1. The number of carbonyl (C=O) groups excluding carboxylic acids is 1. The van der Waals surface area contributed by atoms with E-state index in [1.54, 1.807) is 0 Å². The van der Waals surface area contributed by atoms with Crippen LogP contribution in [-0.2, 0) is 11.3 Å². The maximum absolute atomic E-state index is 11.2. The topological polar surface area (TPSA) is 66.0 Å². The number of anilines is 1. The second-order valence-corrected chi connectivity index (χ2v) is 6.82. The Labute approximate surface area is 144 Å². The van der Waals surface area contributed by atoms with Crippen LogP contribution >= 0.6 is 0 Å². The minimum atomic E-state index is -0.466. The number of likely N-dealkylation sites (tertiary alicyclic amines) is 1. The fourth-order valence-electron chi connectivity index (χ4n) is 2.75. The monoisotopic (exact) mass is 332 g/mol. The number of guanidine groups is 1. The summed E-state index contributed by atoms with van der Waals surface area (Å²) in [7, 11) is 1.35. The van der Waals surface area contributed by atoms with E-state index in [-0.39, 0.29) is 0 Å². The lowest BCUT2D eigenvalue weighted by Gasteiger charge is -2.23. The van der Waals surface area contributed by atoms with E-state index >= 15 is 0 Å². The van der Waals surface area contributed by atoms with Gasteiger partial charge < -0.3 is 15.0 Å². The van der Waals surface area contributed by atoms with Crippen molar-refractivity contribution in [3.05, 3.63) is 29.8 Å². The van der Waals surface area contributed by atoms with Gasteiger partial charge in [0.2, 0.25) is 0 Å². The highest BCUT2D eigenvalue weighted by Crippen LogP contribution is 2.28. The second-order valence-electron chi connectivity index (χ2n) is 6.82. The summed E-state index contributed by atoms with van der Waals surface area (Å²) in [4.78, 5) is 18.3. The summed E-state index contributed by atoms with van der Waals surface area (Å²) in [5.41, 5.74) is 2.15. The van der Waals surface area contributed by atoms with Crippen molar-refractivity contribution in [1.82, 2.24) is 10.2 Å². The largest absolute Gasteiger partial charge is 0.453 e.